The molecule has 0 unspecified atom stereocenters. The first-order valence-electron chi connectivity index (χ1n) is 11.1. The molecule has 11 nitrogen and oxygen atoms in total. The van der Waals surface area contributed by atoms with E-state index in [9.17, 15) is 14.9 Å². The second-order valence-electron chi connectivity index (χ2n) is 7.68. The first-order chi connectivity index (χ1) is 18.0. The van der Waals surface area contributed by atoms with E-state index in [-0.39, 0.29) is 12.2 Å². The number of non-ortho nitro benzene ring substituents is 1. The molecule has 37 heavy (non-hydrogen) atoms. The zero-order chi connectivity index (χ0) is 26.2. The van der Waals surface area contributed by atoms with Gasteiger partial charge in [-0.2, -0.15) is 0 Å². The minimum absolute atomic E-state index is 0.0269. The maximum absolute atomic E-state index is 12.5. The Morgan fingerprint density at radius 2 is 1.73 bits per heavy atom. The Kier molecular flexibility index (Phi) is 8.21. The van der Waals surface area contributed by atoms with Crippen molar-refractivity contribution in [1.82, 2.24) is 20.1 Å². The number of aromatic nitrogens is 3. The number of hydrogen-bond acceptors (Lipinski definition) is 8. The number of methoxy groups -OCH3 is 2. The number of rotatable bonds is 10. The highest BCUT2D eigenvalue weighted by Crippen LogP contribution is 2.27. The molecule has 4 aromatic rings. The van der Waals surface area contributed by atoms with Crippen LogP contribution in [0.15, 0.2) is 78.0 Å². The van der Waals surface area contributed by atoms with Gasteiger partial charge in [0, 0.05) is 29.3 Å². The average Bonchev–Trinajstić information content (AvgIpc) is 3.34. The molecule has 0 aliphatic carbocycles. The van der Waals surface area contributed by atoms with Crippen LogP contribution in [0.3, 0.4) is 0 Å². The van der Waals surface area contributed by atoms with Crippen LogP contribution >= 0.6 is 11.8 Å². The number of carbonyl (C=O) groups excluding carboxylic acids is 1. The quantitative estimate of drug-likeness (QED) is 0.173. The molecule has 0 radical (unpaired) electrons. The summed E-state index contributed by atoms with van der Waals surface area (Å²) in [5.74, 6) is 2.49. The third-order valence-corrected chi connectivity index (χ3v) is 6.28. The van der Waals surface area contributed by atoms with E-state index in [1.807, 2.05) is 24.3 Å². The fourth-order valence-electron chi connectivity index (χ4n) is 3.41. The summed E-state index contributed by atoms with van der Waals surface area (Å²) >= 11 is 1.45. The molecule has 3 aromatic carbocycles. The molecule has 0 saturated heterocycles. The molecule has 0 aliphatic rings. The second-order valence-corrected chi connectivity index (χ2v) is 8.63. The SMILES string of the molecule is COc1ccc(NC(=O)NCc2nnc(SCc3cccc(OC)c3)n2-c2ccc([N+](=O)[O-])cc2)cc1. The Labute approximate surface area is 217 Å². The van der Waals surface area contributed by atoms with Crippen LogP contribution in [0.2, 0.25) is 0 Å². The van der Waals surface area contributed by atoms with Crippen molar-refractivity contribution in [3.63, 3.8) is 0 Å². The molecule has 1 aromatic heterocycles. The number of nitro benzene ring substituents is 1. The monoisotopic (exact) mass is 520 g/mol. The van der Waals surface area contributed by atoms with Gasteiger partial charge in [-0.3, -0.25) is 14.7 Å². The van der Waals surface area contributed by atoms with Crippen LogP contribution in [0, 0.1) is 10.1 Å². The Hall–Kier alpha value is -4.58. The van der Waals surface area contributed by atoms with Gasteiger partial charge in [0.25, 0.3) is 5.69 Å². The Morgan fingerprint density at radius 3 is 2.41 bits per heavy atom. The van der Waals surface area contributed by atoms with Crippen molar-refractivity contribution in [2.75, 3.05) is 19.5 Å². The van der Waals surface area contributed by atoms with Gasteiger partial charge in [-0.1, -0.05) is 23.9 Å². The summed E-state index contributed by atoms with van der Waals surface area (Å²) in [6, 6.07) is 20.3. The predicted molar refractivity (Wildman–Crippen MR) is 139 cm³/mol. The van der Waals surface area contributed by atoms with Gasteiger partial charge in [0.15, 0.2) is 11.0 Å². The van der Waals surface area contributed by atoms with Crippen molar-refractivity contribution < 1.29 is 19.2 Å². The fourth-order valence-corrected chi connectivity index (χ4v) is 4.32. The molecule has 0 atom stereocenters. The lowest BCUT2D eigenvalue weighted by Gasteiger charge is -2.12. The van der Waals surface area contributed by atoms with Crippen molar-refractivity contribution >= 4 is 29.2 Å². The molecule has 2 amide bonds. The van der Waals surface area contributed by atoms with Crippen LogP contribution in [-0.4, -0.2) is 39.9 Å². The van der Waals surface area contributed by atoms with Crippen LogP contribution < -0.4 is 20.1 Å². The first kappa shape index (κ1) is 25.5. The van der Waals surface area contributed by atoms with Crippen molar-refractivity contribution in [2.45, 2.75) is 17.5 Å². The van der Waals surface area contributed by atoms with Gasteiger partial charge in [-0.25, -0.2) is 4.79 Å². The summed E-state index contributed by atoms with van der Waals surface area (Å²) in [5.41, 5.74) is 2.24. The lowest BCUT2D eigenvalue weighted by molar-refractivity contribution is -0.384. The average molecular weight is 521 g/mol. The third kappa shape index (κ3) is 6.55. The van der Waals surface area contributed by atoms with E-state index in [1.165, 1.54) is 23.9 Å². The van der Waals surface area contributed by atoms with Gasteiger partial charge in [-0.15, -0.1) is 10.2 Å². The molecule has 1 heterocycles. The van der Waals surface area contributed by atoms with E-state index < -0.39 is 11.0 Å². The van der Waals surface area contributed by atoms with Gasteiger partial charge >= 0.3 is 6.03 Å². The van der Waals surface area contributed by atoms with Crippen LogP contribution in [0.5, 0.6) is 11.5 Å². The van der Waals surface area contributed by atoms with Crippen molar-refractivity contribution in [3.8, 4) is 17.2 Å². The molecule has 0 bridgehead atoms. The normalized spacial score (nSPS) is 10.5. The Bertz CT molecular complexity index is 1380. The van der Waals surface area contributed by atoms with Gasteiger partial charge in [0.05, 0.1) is 25.7 Å². The number of thioether (sulfide) groups is 1. The molecule has 190 valence electrons. The Balaban J connectivity index is 1.52. The van der Waals surface area contributed by atoms with Crippen LogP contribution in [0.25, 0.3) is 5.69 Å². The number of amides is 2. The summed E-state index contributed by atoms with van der Waals surface area (Å²) in [7, 11) is 3.18. The van der Waals surface area contributed by atoms with E-state index in [1.54, 1.807) is 55.2 Å². The molecule has 0 saturated carbocycles. The third-order valence-electron chi connectivity index (χ3n) is 5.28. The minimum atomic E-state index is -0.458. The van der Waals surface area contributed by atoms with E-state index in [0.29, 0.717) is 33.9 Å². The molecule has 0 aliphatic heterocycles. The number of anilines is 1. The zero-order valence-corrected chi connectivity index (χ0v) is 20.9. The minimum Gasteiger partial charge on any atom is -0.497 e. The number of nitrogens with one attached hydrogen (secondary N) is 2. The smallest absolute Gasteiger partial charge is 0.319 e. The highest BCUT2D eigenvalue weighted by molar-refractivity contribution is 7.98. The zero-order valence-electron chi connectivity index (χ0n) is 20.1. The number of ether oxygens (including phenoxy) is 2. The van der Waals surface area contributed by atoms with Gasteiger partial charge < -0.3 is 20.1 Å². The van der Waals surface area contributed by atoms with Gasteiger partial charge in [0.2, 0.25) is 0 Å². The van der Waals surface area contributed by atoms with Crippen molar-refractivity contribution in [2.24, 2.45) is 0 Å². The lowest BCUT2D eigenvalue weighted by Crippen LogP contribution is -2.29. The van der Waals surface area contributed by atoms with Crippen molar-refractivity contribution in [3.05, 3.63) is 94.3 Å². The summed E-state index contributed by atoms with van der Waals surface area (Å²) in [6.07, 6.45) is 0. The van der Waals surface area contributed by atoms with Crippen LogP contribution in [0.4, 0.5) is 16.2 Å². The number of carbonyl (C=O) groups is 1. The number of urea groups is 1. The number of hydrogen-bond donors (Lipinski definition) is 2. The topological polar surface area (TPSA) is 133 Å². The highest BCUT2D eigenvalue weighted by Gasteiger charge is 2.17. The number of benzene rings is 3. The number of nitro groups is 1. The van der Waals surface area contributed by atoms with E-state index in [2.05, 4.69) is 20.8 Å². The summed E-state index contributed by atoms with van der Waals surface area (Å²) in [4.78, 5) is 23.1. The predicted octanol–water partition coefficient (Wildman–Crippen LogP) is 4.81. The summed E-state index contributed by atoms with van der Waals surface area (Å²) < 4.78 is 12.2. The maximum atomic E-state index is 12.5. The lowest BCUT2D eigenvalue weighted by atomic mass is 10.2. The summed E-state index contributed by atoms with van der Waals surface area (Å²) in [6.45, 7) is 0.0751. The largest absolute Gasteiger partial charge is 0.497 e. The maximum Gasteiger partial charge on any atom is 0.319 e. The molecule has 4 rings (SSSR count). The van der Waals surface area contributed by atoms with Crippen LogP contribution in [-0.2, 0) is 12.3 Å². The Morgan fingerprint density at radius 1 is 1.00 bits per heavy atom. The van der Waals surface area contributed by atoms with Gasteiger partial charge in [-0.05, 0) is 54.1 Å². The van der Waals surface area contributed by atoms with Crippen LogP contribution in [0.1, 0.15) is 11.4 Å². The van der Waals surface area contributed by atoms with Crippen molar-refractivity contribution in [1.29, 1.82) is 0 Å². The molecule has 0 fully saturated rings. The first-order valence-corrected chi connectivity index (χ1v) is 12.1. The highest BCUT2D eigenvalue weighted by atomic mass is 32.2. The summed E-state index contributed by atoms with van der Waals surface area (Å²) in [5, 5.41) is 25.8. The molecule has 12 heteroatoms. The second kappa shape index (κ2) is 11.9. The molecular weight excluding hydrogens is 496 g/mol. The van der Waals surface area contributed by atoms with E-state index in [4.69, 9.17) is 9.47 Å². The molecule has 2 N–H and O–H groups in total. The van der Waals surface area contributed by atoms with Gasteiger partial charge in [0.1, 0.15) is 11.5 Å². The molecule has 0 spiro atoms. The standard InChI is InChI=1S/C25H24N6O5S/c1-35-21-12-6-18(7-13-21)27-24(32)26-15-23-28-29-25(37-16-17-4-3-5-22(14-17)36-2)30(23)19-8-10-20(11-9-19)31(33)34/h3-14H,15-16H2,1-2H3,(H2,26,27,32). The number of nitrogens with zero attached hydrogens (tertiary/aromatic N) is 4. The fraction of sp³-hybridized carbons (Fsp3) is 0.160. The van der Waals surface area contributed by atoms with E-state index >= 15 is 0 Å². The molecular formula is C25H24N6O5S. The van der Waals surface area contributed by atoms with E-state index in [0.717, 1.165) is 11.3 Å².